The summed E-state index contributed by atoms with van der Waals surface area (Å²) in [6.45, 7) is 2.63. The second-order valence-electron chi connectivity index (χ2n) is 4.67. The van der Waals surface area contributed by atoms with Crippen LogP contribution in [0.25, 0.3) is 0 Å². The number of benzene rings is 1. The fourth-order valence-corrected chi connectivity index (χ4v) is 2.73. The Hall–Kier alpha value is -1.26. The van der Waals surface area contributed by atoms with Gasteiger partial charge in [-0.3, -0.25) is 4.79 Å². The largest absolute Gasteiger partial charge is 0.497 e. The van der Waals surface area contributed by atoms with Crippen LogP contribution >= 0.6 is 12.4 Å². The topological polar surface area (TPSA) is 41.6 Å². The van der Waals surface area contributed by atoms with Crippen LogP contribution in [0.4, 0.5) is 5.69 Å². The SMILES string of the molecule is COc1ccc(N2CC3CNCC3C2=O)cc1.Cl. The van der Waals surface area contributed by atoms with Crippen molar-refractivity contribution in [3.8, 4) is 5.75 Å². The van der Waals surface area contributed by atoms with E-state index < -0.39 is 0 Å². The second kappa shape index (κ2) is 5.16. The van der Waals surface area contributed by atoms with E-state index in [-0.39, 0.29) is 24.2 Å². The first-order valence-electron chi connectivity index (χ1n) is 5.96. The molecule has 0 aromatic heterocycles. The lowest BCUT2D eigenvalue weighted by atomic mass is 10.0. The van der Waals surface area contributed by atoms with Crippen molar-refractivity contribution in [1.29, 1.82) is 0 Å². The number of nitrogens with zero attached hydrogens (tertiary/aromatic N) is 1. The van der Waals surface area contributed by atoms with E-state index in [1.54, 1.807) is 7.11 Å². The number of fused-ring (bicyclic) bond motifs is 1. The molecule has 0 bridgehead atoms. The average Bonchev–Trinajstić information content (AvgIpc) is 2.93. The lowest BCUT2D eigenvalue weighted by molar-refractivity contribution is -0.120. The summed E-state index contributed by atoms with van der Waals surface area (Å²) in [5.41, 5.74) is 0.977. The third-order valence-electron chi connectivity index (χ3n) is 3.72. The predicted molar refractivity (Wildman–Crippen MR) is 72.4 cm³/mol. The highest BCUT2D eigenvalue weighted by Gasteiger charge is 2.43. The minimum absolute atomic E-state index is 0. The molecule has 18 heavy (non-hydrogen) atoms. The number of anilines is 1. The molecule has 0 saturated carbocycles. The Morgan fingerprint density at radius 3 is 2.61 bits per heavy atom. The summed E-state index contributed by atoms with van der Waals surface area (Å²) in [5, 5.41) is 3.28. The fraction of sp³-hybridized carbons (Fsp3) is 0.462. The van der Waals surface area contributed by atoms with Gasteiger partial charge in [0.1, 0.15) is 5.75 Å². The molecule has 0 aliphatic carbocycles. The Morgan fingerprint density at radius 1 is 1.28 bits per heavy atom. The van der Waals surface area contributed by atoms with Crippen molar-refractivity contribution in [2.75, 3.05) is 31.6 Å². The molecule has 2 heterocycles. The maximum absolute atomic E-state index is 12.2. The fourth-order valence-electron chi connectivity index (χ4n) is 2.73. The minimum atomic E-state index is 0. The maximum atomic E-state index is 12.2. The Labute approximate surface area is 113 Å². The molecule has 2 unspecified atom stereocenters. The second-order valence-corrected chi connectivity index (χ2v) is 4.67. The molecule has 2 saturated heterocycles. The molecule has 1 amide bonds. The van der Waals surface area contributed by atoms with Crippen LogP contribution in [0.5, 0.6) is 5.75 Å². The Morgan fingerprint density at radius 2 is 2.00 bits per heavy atom. The van der Waals surface area contributed by atoms with Crippen molar-refractivity contribution < 1.29 is 9.53 Å². The zero-order valence-corrected chi connectivity index (χ0v) is 11.1. The Balaban J connectivity index is 0.00000120. The monoisotopic (exact) mass is 268 g/mol. The number of rotatable bonds is 2. The average molecular weight is 269 g/mol. The lowest BCUT2D eigenvalue weighted by Gasteiger charge is -2.18. The molecule has 0 spiro atoms. The number of hydrogen-bond acceptors (Lipinski definition) is 3. The first kappa shape index (κ1) is 13.2. The molecule has 4 nitrogen and oxygen atoms in total. The number of carbonyl (C=O) groups excluding carboxylic acids is 1. The van der Waals surface area contributed by atoms with E-state index in [0.717, 1.165) is 31.1 Å². The van der Waals surface area contributed by atoms with Gasteiger partial charge < -0.3 is 15.0 Å². The molecule has 3 rings (SSSR count). The number of halogens is 1. The van der Waals surface area contributed by atoms with E-state index in [1.807, 2.05) is 29.2 Å². The molecule has 1 aromatic rings. The number of ether oxygens (including phenoxy) is 1. The molecule has 2 aliphatic rings. The van der Waals surface area contributed by atoms with Gasteiger partial charge in [-0.2, -0.15) is 0 Å². The van der Waals surface area contributed by atoms with Crippen LogP contribution in [0.15, 0.2) is 24.3 Å². The molecule has 98 valence electrons. The van der Waals surface area contributed by atoms with E-state index in [9.17, 15) is 4.79 Å². The minimum Gasteiger partial charge on any atom is -0.497 e. The van der Waals surface area contributed by atoms with Crippen LogP contribution in [0.2, 0.25) is 0 Å². The van der Waals surface area contributed by atoms with Crippen molar-refractivity contribution in [3.63, 3.8) is 0 Å². The molecular weight excluding hydrogens is 252 g/mol. The summed E-state index contributed by atoms with van der Waals surface area (Å²) in [6.07, 6.45) is 0. The summed E-state index contributed by atoms with van der Waals surface area (Å²) in [4.78, 5) is 14.1. The third-order valence-corrected chi connectivity index (χ3v) is 3.72. The highest BCUT2D eigenvalue weighted by molar-refractivity contribution is 5.98. The Kier molecular flexibility index (Phi) is 3.78. The molecule has 2 fully saturated rings. The van der Waals surface area contributed by atoms with Gasteiger partial charge in [-0.15, -0.1) is 12.4 Å². The van der Waals surface area contributed by atoms with Crippen molar-refractivity contribution in [1.82, 2.24) is 5.32 Å². The standard InChI is InChI=1S/C13H16N2O2.ClH/c1-17-11-4-2-10(3-5-11)15-8-9-6-14-7-12(9)13(15)16;/h2-5,9,12,14H,6-8H2,1H3;1H. The van der Waals surface area contributed by atoms with Gasteiger partial charge >= 0.3 is 0 Å². The van der Waals surface area contributed by atoms with Crippen LogP contribution in [0.3, 0.4) is 0 Å². The van der Waals surface area contributed by atoms with Crippen LogP contribution in [0, 0.1) is 11.8 Å². The highest BCUT2D eigenvalue weighted by Crippen LogP contribution is 2.32. The maximum Gasteiger partial charge on any atom is 0.231 e. The summed E-state index contributed by atoms with van der Waals surface area (Å²) >= 11 is 0. The molecule has 5 heteroatoms. The van der Waals surface area contributed by atoms with Gasteiger partial charge in [0, 0.05) is 31.2 Å². The van der Waals surface area contributed by atoms with Crippen LogP contribution in [0.1, 0.15) is 0 Å². The Bertz CT molecular complexity index is 435. The summed E-state index contributed by atoms with van der Waals surface area (Å²) in [5.74, 6) is 1.73. The molecule has 1 aromatic carbocycles. The zero-order valence-electron chi connectivity index (χ0n) is 10.3. The summed E-state index contributed by atoms with van der Waals surface area (Å²) in [7, 11) is 1.64. The summed E-state index contributed by atoms with van der Waals surface area (Å²) in [6, 6.07) is 7.69. The quantitative estimate of drug-likeness (QED) is 0.879. The molecule has 0 radical (unpaired) electrons. The van der Waals surface area contributed by atoms with Crippen molar-refractivity contribution in [2.45, 2.75) is 0 Å². The highest BCUT2D eigenvalue weighted by atomic mass is 35.5. The van der Waals surface area contributed by atoms with Gasteiger partial charge in [0.2, 0.25) is 5.91 Å². The number of methoxy groups -OCH3 is 1. The lowest BCUT2D eigenvalue weighted by Crippen LogP contribution is -2.30. The normalized spacial score (nSPS) is 25.8. The van der Waals surface area contributed by atoms with Gasteiger partial charge in [0.25, 0.3) is 0 Å². The van der Waals surface area contributed by atoms with Crippen LogP contribution in [-0.4, -0.2) is 32.7 Å². The van der Waals surface area contributed by atoms with E-state index in [1.165, 1.54) is 0 Å². The first-order chi connectivity index (χ1) is 8.29. The molecular formula is C13H17ClN2O2. The van der Waals surface area contributed by atoms with Gasteiger partial charge in [-0.25, -0.2) is 0 Å². The van der Waals surface area contributed by atoms with E-state index in [4.69, 9.17) is 4.74 Å². The van der Waals surface area contributed by atoms with Gasteiger partial charge in [0.05, 0.1) is 13.0 Å². The van der Waals surface area contributed by atoms with E-state index in [0.29, 0.717) is 5.92 Å². The zero-order chi connectivity index (χ0) is 11.8. The van der Waals surface area contributed by atoms with Gasteiger partial charge in [-0.05, 0) is 24.3 Å². The first-order valence-corrected chi connectivity index (χ1v) is 5.96. The van der Waals surface area contributed by atoms with Crippen molar-refractivity contribution in [3.05, 3.63) is 24.3 Å². The predicted octanol–water partition coefficient (Wildman–Crippen LogP) is 1.30. The van der Waals surface area contributed by atoms with Crippen molar-refractivity contribution >= 4 is 24.0 Å². The molecule has 2 atom stereocenters. The van der Waals surface area contributed by atoms with E-state index >= 15 is 0 Å². The number of carbonyl (C=O) groups is 1. The van der Waals surface area contributed by atoms with Gasteiger partial charge in [-0.1, -0.05) is 0 Å². The molecule has 2 aliphatic heterocycles. The number of hydrogen-bond donors (Lipinski definition) is 1. The smallest absolute Gasteiger partial charge is 0.231 e. The summed E-state index contributed by atoms with van der Waals surface area (Å²) < 4.78 is 5.12. The van der Waals surface area contributed by atoms with Crippen molar-refractivity contribution in [2.24, 2.45) is 11.8 Å². The third kappa shape index (κ3) is 2.06. The molecule has 1 N–H and O–H groups in total. The van der Waals surface area contributed by atoms with E-state index in [2.05, 4.69) is 5.32 Å². The number of amides is 1. The van der Waals surface area contributed by atoms with Crippen LogP contribution < -0.4 is 15.0 Å². The number of nitrogens with one attached hydrogen (secondary N) is 1. The van der Waals surface area contributed by atoms with Gasteiger partial charge in [0.15, 0.2) is 0 Å². The van der Waals surface area contributed by atoms with Crippen LogP contribution in [-0.2, 0) is 4.79 Å².